The minimum absolute atomic E-state index is 0.734. The minimum Gasteiger partial charge on any atom is -0.481 e. The molecular formula is C51H36N2O. The average molecular weight is 693 g/mol. The quantitative estimate of drug-likeness (QED) is 0.165. The van der Waals surface area contributed by atoms with E-state index >= 15 is 0 Å². The number of ether oxygens (including phenoxy) is 1. The number of hydrogen-bond acceptors (Lipinski definition) is 3. The number of rotatable bonds is 7. The SMILES string of the molecule is C1=Cc2ccccc2C2(O1)c1ccccc1-c1ccc(N(c3ccccc3)c3ccc(-c4ccc(N(c5ccccc5)c5ccccc5)cc4)cc3)cc12. The molecule has 10 rings (SSSR count). The van der Waals surface area contributed by atoms with E-state index in [-0.39, 0.29) is 0 Å². The molecule has 1 heterocycles. The summed E-state index contributed by atoms with van der Waals surface area (Å²) < 4.78 is 6.79. The highest BCUT2D eigenvalue weighted by Gasteiger charge is 2.48. The van der Waals surface area contributed by atoms with Crippen molar-refractivity contribution in [1.82, 2.24) is 0 Å². The average Bonchev–Trinajstić information content (AvgIpc) is 3.52. The van der Waals surface area contributed by atoms with E-state index in [4.69, 9.17) is 4.74 Å². The highest BCUT2D eigenvalue weighted by molar-refractivity contribution is 5.88. The number of nitrogens with zero attached hydrogens (tertiary/aromatic N) is 2. The monoisotopic (exact) mass is 692 g/mol. The van der Waals surface area contributed by atoms with Crippen LogP contribution >= 0.6 is 0 Å². The highest BCUT2D eigenvalue weighted by atomic mass is 16.5. The van der Waals surface area contributed by atoms with Crippen molar-refractivity contribution in [1.29, 1.82) is 0 Å². The maximum absolute atomic E-state index is 6.79. The van der Waals surface area contributed by atoms with Gasteiger partial charge in [0.15, 0.2) is 5.60 Å². The van der Waals surface area contributed by atoms with Crippen LogP contribution < -0.4 is 9.80 Å². The van der Waals surface area contributed by atoms with Gasteiger partial charge in [0.25, 0.3) is 0 Å². The van der Waals surface area contributed by atoms with Crippen LogP contribution in [-0.4, -0.2) is 0 Å². The van der Waals surface area contributed by atoms with E-state index in [1.54, 1.807) is 0 Å². The van der Waals surface area contributed by atoms with Crippen LogP contribution in [0.2, 0.25) is 0 Å². The van der Waals surface area contributed by atoms with Crippen LogP contribution in [0, 0.1) is 0 Å². The van der Waals surface area contributed by atoms with Gasteiger partial charge in [-0.3, -0.25) is 0 Å². The zero-order valence-corrected chi connectivity index (χ0v) is 29.6. The summed E-state index contributed by atoms with van der Waals surface area (Å²) >= 11 is 0. The molecule has 1 atom stereocenters. The molecule has 1 unspecified atom stereocenters. The van der Waals surface area contributed by atoms with Gasteiger partial charge in [-0.2, -0.15) is 0 Å². The lowest BCUT2D eigenvalue weighted by atomic mass is 9.80. The Kier molecular flexibility index (Phi) is 7.70. The normalized spacial score (nSPS) is 14.8. The van der Waals surface area contributed by atoms with Crippen molar-refractivity contribution in [2.45, 2.75) is 5.60 Å². The number of para-hydroxylation sites is 3. The summed E-state index contributed by atoms with van der Waals surface area (Å²) in [6.07, 6.45) is 3.93. The first-order chi connectivity index (χ1) is 26.8. The Bertz CT molecular complexity index is 2580. The topological polar surface area (TPSA) is 15.7 Å². The van der Waals surface area contributed by atoms with Gasteiger partial charge < -0.3 is 14.5 Å². The summed E-state index contributed by atoms with van der Waals surface area (Å²) in [5.41, 5.74) is 15.2. The predicted molar refractivity (Wildman–Crippen MR) is 223 cm³/mol. The van der Waals surface area contributed by atoms with E-state index in [2.05, 4.69) is 222 Å². The lowest BCUT2D eigenvalue weighted by Crippen LogP contribution is -2.31. The molecule has 8 aromatic carbocycles. The van der Waals surface area contributed by atoms with Crippen LogP contribution in [0.15, 0.2) is 213 Å². The second-order valence-corrected chi connectivity index (χ2v) is 13.7. The molecule has 3 nitrogen and oxygen atoms in total. The number of anilines is 6. The molecule has 0 bridgehead atoms. The van der Waals surface area contributed by atoms with E-state index in [9.17, 15) is 0 Å². The zero-order chi connectivity index (χ0) is 35.9. The molecule has 1 spiro atoms. The van der Waals surface area contributed by atoms with Gasteiger partial charge in [-0.15, -0.1) is 0 Å². The molecule has 54 heavy (non-hydrogen) atoms. The molecule has 1 aliphatic carbocycles. The largest absolute Gasteiger partial charge is 0.481 e. The summed E-state index contributed by atoms with van der Waals surface area (Å²) in [7, 11) is 0. The third-order valence-electron chi connectivity index (χ3n) is 10.7. The van der Waals surface area contributed by atoms with Crippen molar-refractivity contribution >= 4 is 40.2 Å². The smallest absolute Gasteiger partial charge is 0.185 e. The third-order valence-corrected chi connectivity index (χ3v) is 10.7. The van der Waals surface area contributed by atoms with Crippen LogP contribution in [0.3, 0.4) is 0 Å². The Morgan fingerprint density at radius 3 is 1.33 bits per heavy atom. The summed E-state index contributed by atoms with van der Waals surface area (Å²) in [6, 6.07) is 73.5. The van der Waals surface area contributed by atoms with Gasteiger partial charge in [-0.05, 0) is 107 Å². The van der Waals surface area contributed by atoms with Crippen LogP contribution in [0.25, 0.3) is 28.3 Å². The summed E-state index contributed by atoms with van der Waals surface area (Å²) in [5.74, 6) is 0. The fourth-order valence-electron chi connectivity index (χ4n) is 8.25. The molecule has 0 fully saturated rings. The Morgan fingerprint density at radius 2 is 0.759 bits per heavy atom. The van der Waals surface area contributed by atoms with Gasteiger partial charge in [0.1, 0.15) is 0 Å². The standard InChI is InChI=1S/C51H36N2O/c1-4-15-40(16-5-1)52(41-17-6-2-7-18-41)43-28-24-37(25-29-43)38-26-30-44(31-27-38)53(42-19-8-3-9-20-42)45-32-33-47-46-21-11-13-23-49(46)51(50(47)36-45)48-22-12-10-14-39(48)34-35-54-51/h1-36H. The fraction of sp³-hybridized carbons (Fsp3) is 0.0196. The van der Waals surface area contributed by atoms with Crippen LogP contribution in [0.5, 0.6) is 0 Å². The predicted octanol–water partition coefficient (Wildman–Crippen LogP) is 13.6. The molecular weight excluding hydrogens is 657 g/mol. The summed E-state index contributed by atoms with van der Waals surface area (Å²) in [4.78, 5) is 4.63. The zero-order valence-electron chi connectivity index (χ0n) is 29.6. The summed E-state index contributed by atoms with van der Waals surface area (Å²) in [5, 5.41) is 0. The number of hydrogen-bond donors (Lipinski definition) is 0. The van der Waals surface area contributed by atoms with Crippen LogP contribution in [0.1, 0.15) is 22.3 Å². The molecule has 0 N–H and O–H groups in total. The molecule has 3 heteroatoms. The Labute approximate surface area is 316 Å². The van der Waals surface area contributed by atoms with Gasteiger partial charge in [-0.25, -0.2) is 0 Å². The molecule has 0 radical (unpaired) electrons. The molecule has 2 aliphatic rings. The first-order valence-corrected chi connectivity index (χ1v) is 18.4. The Morgan fingerprint density at radius 1 is 0.333 bits per heavy atom. The van der Waals surface area contributed by atoms with Crippen molar-refractivity contribution in [3.63, 3.8) is 0 Å². The van der Waals surface area contributed by atoms with Gasteiger partial charge in [0.05, 0.1) is 6.26 Å². The van der Waals surface area contributed by atoms with Crippen LogP contribution in [-0.2, 0) is 10.3 Å². The molecule has 8 aromatic rings. The van der Waals surface area contributed by atoms with Gasteiger partial charge in [0, 0.05) is 50.8 Å². The Balaban J connectivity index is 1.03. The molecule has 0 amide bonds. The molecule has 0 saturated heterocycles. The molecule has 1 aliphatic heterocycles. The first-order valence-electron chi connectivity index (χ1n) is 18.4. The van der Waals surface area contributed by atoms with Gasteiger partial charge in [0.2, 0.25) is 0 Å². The fourth-order valence-corrected chi connectivity index (χ4v) is 8.25. The highest BCUT2D eigenvalue weighted by Crippen LogP contribution is 2.56. The molecule has 256 valence electrons. The maximum Gasteiger partial charge on any atom is 0.185 e. The van der Waals surface area contributed by atoms with Gasteiger partial charge >= 0.3 is 0 Å². The molecule has 0 saturated carbocycles. The second-order valence-electron chi connectivity index (χ2n) is 13.7. The van der Waals surface area contributed by atoms with E-state index in [1.165, 1.54) is 22.3 Å². The van der Waals surface area contributed by atoms with E-state index in [0.29, 0.717) is 0 Å². The van der Waals surface area contributed by atoms with Crippen molar-refractivity contribution in [2.24, 2.45) is 0 Å². The second kappa shape index (κ2) is 13.1. The number of benzene rings is 8. The Hall–Kier alpha value is -7.10. The van der Waals surface area contributed by atoms with Crippen molar-refractivity contribution in [2.75, 3.05) is 9.80 Å². The van der Waals surface area contributed by atoms with Gasteiger partial charge in [-0.1, -0.05) is 133 Å². The van der Waals surface area contributed by atoms with Crippen LogP contribution in [0.4, 0.5) is 34.1 Å². The van der Waals surface area contributed by atoms with E-state index in [1.807, 2.05) is 6.26 Å². The lowest BCUT2D eigenvalue weighted by Gasteiger charge is -2.36. The lowest BCUT2D eigenvalue weighted by molar-refractivity contribution is 0.100. The summed E-state index contributed by atoms with van der Waals surface area (Å²) in [6.45, 7) is 0. The third kappa shape index (κ3) is 5.21. The maximum atomic E-state index is 6.79. The van der Waals surface area contributed by atoms with E-state index < -0.39 is 5.60 Å². The molecule has 0 aromatic heterocycles. The van der Waals surface area contributed by atoms with Crippen molar-refractivity contribution < 1.29 is 4.74 Å². The van der Waals surface area contributed by atoms with Crippen molar-refractivity contribution in [3.05, 3.63) is 235 Å². The van der Waals surface area contributed by atoms with E-state index in [0.717, 1.165) is 56.4 Å². The number of fused-ring (bicyclic) bond motifs is 7. The first kappa shape index (κ1) is 31.6. The minimum atomic E-state index is -0.734. The van der Waals surface area contributed by atoms with Crippen molar-refractivity contribution in [3.8, 4) is 22.3 Å².